The van der Waals surface area contributed by atoms with E-state index in [9.17, 15) is 0 Å². The minimum absolute atomic E-state index is 0.0292. The maximum absolute atomic E-state index is 6.33. The molecule has 0 spiro atoms. The lowest BCUT2D eigenvalue weighted by atomic mass is 10.1. The molecule has 1 saturated heterocycles. The fourth-order valence-electron chi connectivity index (χ4n) is 2.51. The second kappa shape index (κ2) is 4.68. The van der Waals surface area contributed by atoms with Gasteiger partial charge in [0, 0.05) is 33.2 Å². The Morgan fingerprint density at radius 1 is 1.33 bits per heavy atom. The molecule has 3 N–H and O–H groups in total. The van der Waals surface area contributed by atoms with Crippen LogP contribution in [0.3, 0.4) is 0 Å². The number of hydrogen-bond donors (Lipinski definition) is 2. The fraction of sp³-hybridized carbons (Fsp3) is 0.462. The topological polar surface area (TPSA) is 59.1 Å². The number of rotatable bonds is 2. The zero-order valence-corrected chi connectivity index (χ0v) is 10.6. The molecule has 1 atom stereocenters. The lowest BCUT2D eigenvalue weighted by Crippen LogP contribution is -2.47. The zero-order valence-electron chi connectivity index (χ0n) is 10.6. The quantitative estimate of drug-likeness (QED) is 0.806. The normalized spacial score (nSPS) is 19.2. The van der Waals surface area contributed by atoms with Gasteiger partial charge in [-0.2, -0.15) is 0 Å². The average Bonchev–Trinajstić information content (AvgIpc) is 2.80. The Balaban J connectivity index is 1.88. The molecule has 2 heterocycles. The molecule has 0 saturated carbocycles. The number of nitrogens with one attached hydrogen (secondary N) is 1. The molecule has 1 aromatic carbocycles. The highest BCUT2D eigenvalue weighted by molar-refractivity contribution is 5.76. The van der Waals surface area contributed by atoms with E-state index in [1.54, 1.807) is 0 Å². The Morgan fingerprint density at radius 2 is 2.11 bits per heavy atom. The zero-order chi connectivity index (χ0) is 12.5. The summed E-state index contributed by atoms with van der Waals surface area (Å²) in [6.07, 6.45) is 1.81. The summed E-state index contributed by atoms with van der Waals surface area (Å²) in [6, 6.07) is 6.30. The van der Waals surface area contributed by atoms with Crippen molar-refractivity contribution in [1.29, 1.82) is 0 Å². The van der Waals surface area contributed by atoms with Crippen LogP contribution >= 0.6 is 0 Å². The van der Waals surface area contributed by atoms with Gasteiger partial charge in [-0.15, -0.1) is 0 Å². The van der Waals surface area contributed by atoms with Crippen LogP contribution in [0.2, 0.25) is 0 Å². The Bertz CT molecular complexity index is 541. The van der Waals surface area contributed by atoms with E-state index in [0.29, 0.717) is 0 Å². The number of nitrogens with zero attached hydrogens (tertiary/aromatic N) is 3. The summed E-state index contributed by atoms with van der Waals surface area (Å²) >= 11 is 0. The standard InChI is InChI=1S/C13H19N5/c1-17-9-16-11-8-10(2-3-12(11)17)13(14)18-6-4-15-5-7-18/h2-3,8-9,13,15H,4-7,14H2,1H3. The van der Waals surface area contributed by atoms with Crippen molar-refractivity contribution in [2.45, 2.75) is 6.17 Å². The van der Waals surface area contributed by atoms with Crippen LogP contribution in [0.15, 0.2) is 24.5 Å². The van der Waals surface area contributed by atoms with Gasteiger partial charge in [0.1, 0.15) is 0 Å². The Labute approximate surface area is 107 Å². The van der Waals surface area contributed by atoms with E-state index >= 15 is 0 Å². The van der Waals surface area contributed by atoms with E-state index in [1.165, 1.54) is 0 Å². The number of aromatic nitrogens is 2. The van der Waals surface area contributed by atoms with Gasteiger partial charge in [-0.3, -0.25) is 4.90 Å². The fourth-order valence-corrected chi connectivity index (χ4v) is 2.51. The first kappa shape index (κ1) is 11.6. The number of imidazole rings is 1. The summed E-state index contributed by atoms with van der Waals surface area (Å²) in [5, 5.41) is 3.34. The summed E-state index contributed by atoms with van der Waals surface area (Å²) in [6.45, 7) is 4.03. The third kappa shape index (κ3) is 2.01. The van der Waals surface area contributed by atoms with Crippen molar-refractivity contribution in [1.82, 2.24) is 19.8 Å². The van der Waals surface area contributed by atoms with Crippen LogP contribution in [0, 0.1) is 0 Å². The van der Waals surface area contributed by atoms with Gasteiger partial charge in [0.15, 0.2) is 0 Å². The molecule has 96 valence electrons. The molecule has 2 aromatic rings. The minimum Gasteiger partial charge on any atom is -0.334 e. The number of piperazine rings is 1. The molecule has 5 heteroatoms. The average molecular weight is 245 g/mol. The van der Waals surface area contributed by atoms with E-state index in [2.05, 4.69) is 33.4 Å². The molecule has 1 fully saturated rings. The van der Waals surface area contributed by atoms with Crippen LogP contribution in [0.4, 0.5) is 0 Å². The molecule has 1 aliphatic rings. The van der Waals surface area contributed by atoms with Crippen LogP contribution in [0.5, 0.6) is 0 Å². The summed E-state index contributed by atoms with van der Waals surface area (Å²) in [5.41, 5.74) is 9.63. The Hall–Kier alpha value is -1.43. The van der Waals surface area contributed by atoms with Gasteiger partial charge in [-0.05, 0) is 17.7 Å². The Morgan fingerprint density at radius 3 is 2.89 bits per heavy atom. The van der Waals surface area contributed by atoms with Crippen molar-refractivity contribution in [2.24, 2.45) is 12.8 Å². The summed E-state index contributed by atoms with van der Waals surface area (Å²) < 4.78 is 2.02. The lowest BCUT2D eigenvalue weighted by molar-refractivity contribution is 0.177. The monoisotopic (exact) mass is 245 g/mol. The summed E-state index contributed by atoms with van der Waals surface area (Å²) in [5.74, 6) is 0. The number of benzene rings is 1. The first-order valence-corrected chi connectivity index (χ1v) is 6.37. The smallest absolute Gasteiger partial charge is 0.0955 e. The van der Waals surface area contributed by atoms with Crippen molar-refractivity contribution in [3.8, 4) is 0 Å². The first-order valence-electron chi connectivity index (χ1n) is 6.37. The van der Waals surface area contributed by atoms with E-state index in [1.807, 2.05) is 17.9 Å². The lowest BCUT2D eigenvalue weighted by Gasteiger charge is -2.32. The van der Waals surface area contributed by atoms with Crippen LogP contribution in [-0.2, 0) is 7.05 Å². The summed E-state index contributed by atoms with van der Waals surface area (Å²) in [4.78, 5) is 6.69. The molecule has 0 bridgehead atoms. The molecule has 18 heavy (non-hydrogen) atoms. The SMILES string of the molecule is Cn1cnc2cc(C(N)N3CCNCC3)ccc21. The molecule has 0 amide bonds. The van der Waals surface area contributed by atoms with Crippen LogP contribution in [-0.4, -0.2) is 40.6 Å². The largest absolute Gasteiger partial charge is 0.334 e. The van der Waals surface area contributed by atoms with E-state index < -0.39 is 0 Å². The molecule has 1 aliphatic heterocycles. The first-order chi connectivity index (χ1) is 8.75. The molecular weight excluding hydrogens is 226 g/mol. The number of aryl methyl sites for hydroxylation is 1. The number of nitrogens with two attached hydrogens (primary N) is 1. The second-order valence-electron chi connectivity index (χ2n) is 4.83. The minimum atomic E-state index is -0.0292. The predicted octanol–water partition coefficient (Wildman–Crippen LogP) is 0.436. The van der Waals surface area contributed by atoms with Crippen LogP contribution in [0.25, 0.3) is 11.0 Å². The van der Waals surface area contributed by atoms with Gasteiger partial charge in [-0.25, -0.2) is 4.98 Å². The van der Waals surface area contributed by atoms with Gasteiger partial charge in [-0.1, -0.05) is 6.07 Å². The molecule has 0 aliphatic carbocycles. The molecule has 0 radical (unpaired) electrons. The molecule has 1 unspecified atom stereocenters. The second-order valence-corrected chi connectivity index (χ2v) is 4.83. The van der Waals surface area contributed by atoms with Crippen molar-refractivity contribution in [3.63, 3.8) is 0 Å². The number of hydrogen-bond acceptors (Lipinski definition) is 4. The highest BCUT2D eigenvalue weighted by Gasteiger charge is 2.18. The maximum atomic E-state index is 6.33. The van der Waals surface area contributed by atoms with E-state index in [0.717, 1.165) is 42.8 Å². The van der Waals surface area contributed by atoms with Crippen molar-refractivity contribution < 1.29 is 0 Å². The van der Waals surface area contributed by atoms with Gasteiger partial charge in [0.2, 0.25) is 0 Å². The molecule has 5 nitrogen and oxygen atoms in total. The van der Waals surface area contributed by atoms with Crippen molar-refractivity contribution >= 4 is 11.0 Å². The highest BCUT2D eigenvalue weighted by atomic mass is 15.3. The van der Waals surface area contributed by atoms with E-state index in [-0.39, 0.29) is 6.17 Å². The van der Waals surface area contributed by atoms with Gasteiger partial charge < -0.3 is 15.6 Å². The Kier molecular flexibility index (Phi) is 3.03. The van der Waals surface area contributed by atoms with Crippen molar-refractivity contribution in [3.05, 3.63) is 30.1 Å². The highest BCUT2D eigenvalue weighted by Crippen LogP contribution is 2.20. The number of fused-ring (bicyclic) bond motifs is 1. The van der Waals surface area contributed by atoms with Crippen LogP contribution in [0.1, 0.15) is 11.7 Å². The van der Waals surface area contributed by atoms with Crippen molar-refractivity contribution in [2.75, 3.05) is 26.2 Å². The molecular formula is C13H19N5. The molecule has 1 aromatic heterocycles. The predicted molar refractivity (Wildman–Crippen MR) is 72.1 cm³/mol. The van der Waals surface area contributed by atoms with E-state index in [4.69, 9.17) is 5.73 Å². The van der Waals surface area contributed by atoms with Gasteiger partial charge >= 0.3 is 0 Å². The maximum Gasteiger partial charge on any atom is 0.0955 e. The summed E-state index contributed by atoms with van der Waals surface area (Å²) in [7, 11) is 2.01. The molecule has 3 rings (SSSR count). The third-order valence-corrected chi connectivity index (χ3v) is 3.64. The van der Waals surface area contributed by atoms with Gasteiger partial charge in [0.05, 0.1) is 23.5 Å². The third-order valence-electron chi connectivity index (χ3n) is 3.64. The van der Waals surface area contributed by atoms with Gasteiger partial charge in [0.25, 0.3) is 0 Å². The van der Waals surface area contributed by atoms with Crippen LogP contribution < -0.4 is 11.1 Å².